The number of hydrogen-bond donors (Lipinski definition) is 0. The highest BCUT2D eigenvalue weighted by molar-refractivity contribution is 4.52. The zero-order valence-electron chi connectivity index (χ0n) is 13.2. The first-order valence-electron chi connectivity index (χ1n) is 8.01. The van der Waals surface area contributed by atoms with Gasteiger partial charge in [-0.3, -0.25) is 4.84 Å². The molecule has 0 aliphatic rings. The summed E-state index contributed by atoms with van der Waals surface area (Å²) in [4.78, 5) is 5.57. The molecule has 0 N–H and O–H groups in total. The van der Waals surface area contributed by atoms with Crippen LogP contribution in [0.4, 0.5) is 0 Å². The summed E-state index contributed by atoms with van der Waals surface area (Å²) in [5, 5.41) is 1.81. The molecule has 0 aromatic heterocycles. The molecule has 0 amide bonds. The molecule has 110 valence electrons. The molecule has 2 nitrogen and oxygen atoms in total. The molecule has 0 aromatic rings. The van der Waals surface area contributed by atoms with E-state index in [1.54, 1.807) is 5.06 Å². The van der Waals surface area contributed by atoms with E-state index in [0.29, 0.717) is 6.10 Å². The van der Waals surface area contributed by atoms with Gasteiger partial charge in [-0.15, -0.1) is 0 Å². The number of unbranched alkanes of at least 4 members (excludes halogenated alkanes) is 9. The molecule has 0 radical (unpaired) electrons. The molecule has 0 bridgehead atoms. The first kappa shape index (κ1) is 17.9. The Labute approximate surface area is 115 Å². The predicted octanol–water partition coefficient (Wildman–Crippen LogP) is 5.18. The lowest BCUT2D eigenvalue weighted by Crippen LogP contribution is -2.20. The van der Waals surface area contributed by atoms with Crippen LogP contribution in [0.2, 0.25) is 0 Å². The normalized spacial score (nSPS) is 13.2. The van der Waals surface area contributed by atoms with Crippen LogP contribution in [0, 0.1) is 0 Å². The molecule has 0 saturated heterocycles. The molecule has 1 atom stereocenters. The SMILES string of the molecule is CCCCCCCCCCCCC(C)ON(C)C. The minimum absolute atomic E-state index is 0.369. The average Bonchev–Trinajstić information content (AvgIpc) is 2.30. The zero-order valence-corrected chi connectivity index (χ0v) is 13.2. The fourth-order valence-electron chi connectivity index (χ4n) is 2.33. The van der Waals surface area contributed by atoms with Crippen molar-refractivity contribution < 1.29 is 4.84 Å². The van der Waals surface area contributed by atoms with Gasteiger partial charge in [-0.2, -0.15) is 5.06 Å². The van der Waals surface area contributed by atoms with Crippen molar-refractivity contribution in [2.75, 3.05) is 14.1 Å². The fourth-order valence-corrected chi connectivity index (χ4v) is 2.33. The first-order valence-corrected chi connectivity index (χ1v) is 8.01. The van der Waals surface area contributed by atoms with Crippen molar-refractivity contribution in [3.63, 3.8) is 0 Å². The first-order chi connectivity index (χ1) is 8.66. The fraction of sp³-hybridized carbons (Fsp3) is 1.00. The number of hydrogen-bond acceptors (Lipinski definition) is 2. The van der Waals surface area contributed by atoms with Gasteiger partial charge in [0.1, 0.15) is 0 Å². The molecule has 0 rings (SSSR count). The third-order valence-electron chi connectivity index (χ3n) is 3.35. The molecule has 0 aliphatic heterocycles. The van der Waals surface area contributed by atoms with Gasteiger partial charge in [0.15, 0.2) is 0 Å². The van der Waals surface area contributed by atoms with E-state index < -0.39 is 0 Å². The molecular weight excluding hydrogens is 222 g/mol. The number of hydroxylamine groups is 2. The van der Waals surface area contributed by atoms with Gasteiger partial charge in [-0.25, -0.2) is 0 Å². The van der Waals surface area contributed by atoms with Crippen LogP contribution >= 0.6 is 0 Å². The number of rotatable bonds is 13. The maximum atomic E-state index is 5.57. The topological polar surface area (TPSA) is 12.5 Å². The lowest BCUT2D eigenvalue weighted by molar-refractivity contribution is -0.160. The Morgan fingerprint density at radius 1 is 0.778 bits per heavy atom. The van der Waals surface area contributed by atoms with Crippen LogP contribution in [-0.4, -0.2) is 25.3 Å². The second kappa shape index (κ2) is 13.4. The molecule has 18 heavy (non-hydrogen) atoms. The minimum Gasteiger partial charge on any atom is -0.297 e. The molecule has 2 heteroatoms. The second-order valence-corrected chi connectivity index (χ2v) is 5.70. The summed E-state index contributed by atoms with van der Waals surface area (Å²) >= 11 is 0. The highest BCUT2D eigenvalue weighted by Crippen LogP contribution is 2.12. The monoisotopic (exact) mass is 257 g/mol. The van der Waals surface area contributed by atoms with Gasteiger partial charge in [-0.1, -0.05) is 71.1 Å². The van der Waals surface area contributed by atoms with Crippen molar-refractivity contribution in [2.45, 2.75) is 90.6 Å². The predicted molar refractivity (Wildman–Crippen MR) is 80.7 cm³/mol. The van der Waals surface area contributed by atoms with Gasteiger partial charge in [0.25, 0.3) is 0 Å². The van der Waals surface area contributed by atoms with Crippen LogP contribution in [0.3, 0.4) is 0 Å². The van der Waals surface area contributed by atoms with Crippen molar-refractivity contribution in [1.82, 2.24) is 5.06 Å². The lowest BCUT2D eigenvalue weighted by atomic mass is 10.1. The summed E-state index contributed by atoms with van der Waals surface area (Å²) in [5.41, 5.74) is 0. The van der Waals surface area contributed by atoms with Crippen molar-refractivity contribution in [1.29, 1.82) is 0 Å². The van der Waals surface area contributed by atoms with Crippen molar-refractivity contribution in [3.8, 4) is 0 Å². The van der Waals surface area contributed by atoms with E-state index in [4.69, 9.17) is 4.84 Å². The quantitative estimate of drug-likeness (QED) is 0.333. The molecule has 0 spiro atoms. The highest BCUT2D eigenvalue weighted by Gasteiger charge is 2.03. The standard InChI is InChI=1S/C16H35NO/c1-5-6-7-8-9-10-11-12-13-14-15-16(2)18-17(3)4/h16H,5-15H2,1-4H3. The zero-order chi connectivity index (χ0) is 13.6. The summed E-state index contributed by atoms with van der Waals surface area (Å²) < 4.78 is 0. The summed E-state index contributed by atoms with van der Waals surface area (Å²) in [6, 6.07) is 0. The smallest absolute Gasteiger partial charge is 0.0764 e. The summed E-state index contributed by atoms with van der Waals surface area (Å²) in [7, 11) is 3.91. The Hall–Kier alpha value is -0.0800. The van der Waals surface area contributed by atoms with Gasteiger partial charge in [-0.05, 0) is 13.3 Å². The maximum Gasteiger partial charge on any atom is 0.0764 e. The molecule has 0 saturated carbocycles. The van der Waals surface area contributed by atoms with E-state index in [2.05, 4.69) is 13.8 Å². The number of nitrogens with zero attached hydrogens (tertiary/aromatic N) is 1. The van der Waals surface area contributed by atoms with Gasteiger partial charge in [0, 0.05) is 14.1 Å². The Morgan fingerprint density at radius 3 is 1.67 bits per heavy atom. The van der Waals surface area contributed by atoms with E-state index in [9.17, 15) is 0 Å². The van der Waals surface area contributed by atoms with E-state index >= 15 is 0 Å². The third-order valence-corrected chi connectivity index (χ3v) is 3.35. The van der Waals surface area contributed by atoms with Gasteiger partial charge in [0.05, 0.1) is 6.10 Å². The Kier molecular flexibility index (Phi) is 13.3. The van der Waals surface area contributed by atoms with E-state index in [1.165, 1.54) is 70.6 Å². The largest absolute Gasteiger partial charge is 0.297 e. The molecule has 0 aliphatic carbocycles. The van der Waals surface area contributed by atoms with Crippen molar-refractivity contribution in [3.05, 3.63) is 0 Å². The summed E-state index contributed by atoms with van der Waals surface area (Å²) in [6.07, 6.45) is 15.6. The highest BCUT2D eigenvalue weighted by atomic mass is 16.7. The van der Waals surface area contributed by atoms with Crippen LogP contribution in [0.5, 0.6) is 0 Å². The van der Waals surface area contributed by atoms with Crippen LogP contribution in [0.25, 0.3) is 0 Å². The Bertz CT molecular complexity index is 159. The van der Waals surface area contributed by atoms with E-state index in [1.807, 2.05) is 14.1 Å². The van der Waals surface area contributed by atoms with Gasteiger partial charge in [0.2, 0.25) is 0 Å². The van der Waals surface area contributed by atoms with Crippen molar-refractivity contribution >= 4 is 0 Å². The van der Waals surface area contributed by atoms with Crippen LogP contribution in [0.15, 0.2) is 0 Å². The average molecular weight is 257 g/mol. The Balaban J connectivity index is 3.07. The van der Waals surface area contributed by atoms with Gasteiger partial charge < -0.3 is 0 Å². The molecule has 1 unspecified atom stereocenters. The molecular formula is C16H35NO. The van der Waals surface area contributed by atoms with E-state index in [-0.39, 0.29) is 0 Å². The molecule has 0 heterocycles. The second-order valence-electron chi connectivity index (χ2n) is 5.70. The Morgan fingerprint density at radius 2 is 1.22 bits per heavy atom. The lowest BCUT2D eigenvalue weighted by Gasteiger charge is -2.17. The molecule has 0 fully saturated rings. The van der Waals surface area contributed by atoms with Crippen LogP contribution in [-0.2, 0) is 4.84 Å². The van der Waals surface area contributed by atoms with Crippen LogP contribution in [0.1, 0.15) is 84.5 Å². The third kappa shape index (κ3) is 14.0. The molecule has 0 aromatic carbocycles. The minimum atomic E-state index is 0.369. The maximum absolute atomic E-state index is 5.57. The summed E-state index contributed by atoms with van der Waals surface area (Å²) in [6.45, 7) is 4.44. The van der Waals surface area contributed by atoms with Gasteiger partial charge >= 0.3 is 0 Å². The van der Waals surface area contributed by atoms with E-state index in [0.717, 1.165) is 0 Å². The van der Waals surface area contributed by atoms with Crippen molar-refractivity contribution in [2.24, 2.45) is 0 Å². The van der Waals surface area contributed by atoms with Crippen LogP contribution < -0.4 is 0 Å². The summed E-state index contributed by atoms with van der Waals surface area (Å²) in [5.74, 6) is 0.